The van der Waals surface area contributed by atoms with Crippen LogP contribution < -0.4 is 11.1 Å². The smallest absolute Gasteiger partial charge is 0.436 e. The predicted octanol–water partition coefficient (Wildman–Crippen LogP) is 2.63. The summed E-state index contributed by atoms with van der Waals surface area (Å²) >= 11 is 0. The molecule has 0 saturated heterocycles. The Bertz CT molecular complexity index is 606. The summed E-state index contributed by atoms with van der Waals surface area (Å²) in [6.07, 6.45) is 1.09. The van der Waals surface area contributed by atoms with Crippen LogP contribution in [-0.4, -0.2) is 40.2 Å². The molecule has 1 aliphatic rings. The van der Waals surface area contributed by atoms with Gasteiger partial charge in [0.2, 0.25) is 0 Å². The Morgan fingerprint density at radius 2 is 2.12 bits per heavy atom. The van der Waals surface area contributed by atoms with Gasteiger partial charge in [-0.3, -0.25) is 0 Å². The number of nitrogens with zero attached hydrogens (tertiary/aromatic N) is 2. The van der Waals surface area contributed by atoms with E-state index in [0.29, 0.717) is 6.42 Å². The lowest BCUT2D eigenvalue weighted by atomic mass is 10.0. The maximum absolute atomic E-state index is 11.8. The number of carbonyl (C=O) groups is 2. The Morgan fingerprint density at radius 3 is 2.75 bits per heavy atom. The van der Waals surface area contributed by atoms with Crippen LogP contribution in [0.3, 0.4) is 0 Å². The van der Waals surface area contributed by atoms with Crippen molar-refractivity contribution < 1.29 is 19.1 Å². The van der Waals surface area contributed by atoms with E-state index in [1.807, 2.05) is 20.8 Å². The highest BCUT2D eigenvalue weighted by molar-refractivity contribution is 5.73. The molecule has 1 aromatic heterocycles. The Morgan fingerprint density at radius 1 is 1.42 bits per heavy atom. The first-order chi connectivity index (χ1) is 11.2. The van der Waals surface area contributed by atoms with Crippen molar-refractivity contribution in [3.63, 3.8) is 0 Å². The molecule has 134 valence electrons. The van der Waals surface area contributed by atoms with Gasteiger partial charge in [-0.05, 0) is 47.0 Å². The first kappa shape index (κ1) is 18.1. The standard InChI is InChI=1S/C16H26N4O4/c1-5-23-15(22)20-13(17)9-12(19-20)10-6-7-11(8-10)24-14(21)18-16(2,3)4/h9-11H,5-8,17H2,1-4H3,(H,18,21)/t10-,11+/m0/s1. The molecule has 1 aromatic rings. The molecule has 0 bridgehead atoms. The molecular weight excluding hydrogens is 312 g/mol. The molecular formula is C16H26N4O4. The van der Waals surface area contributed by atoms with Crippen LogP contribution in [0.2, 0.25) is 0 Å². The molecule has 1 aliphatic carbocycles. The number of carbonyl (C=O) groups excluding carboxylic acids is 2. The average Bonchev–Trinajstić information content (AvgIpc) is 3.03. The predicted molar refractivity (Wildman–Crippen MR) is 88.8 cm³/mol. The Hall–Kier alpha value is -2.25. The van der Waals surface area contributed by atoms with Crippen LogP contribution in [0.4, 0.5) is 15.4 Å². The maximum Gasteiger partial charge on any atom is 0.436 e. The van der Waals surface area contributed by atoms with Gasteiger partial charge >= 0.3 is 12.2 Å². The van der Waals surface area contributed by atoms with E-state index in [1.54, 1.807) is 13.0 Å². The Balaban J connectivity index is 1.95. The number of nitrogens with two attached hydrogens (primary N) is 1. The molecule has 0 aromatic carbocycles. The summed E-state index contributed by atoms with van der Waals surface area (Å²) in [6.45, 7) is 7.68. The number of anilines is 1. The molecule has 3 N–H and O–H groups in total. The van der Waals surface area contributed by atoms with Gasteiger partial charge in [-0.15, -0.1) is 4.68 Å². The van der Waals surface area contributed by atoms with Crippen LogP contribution in [0.1, 0.15) is 58.6 Å². The SMILES string of the molecule is CCOC(=O)n1nc([C@H]2CC[C@@H](OC(=O)NC(C)(C)C)C2)cc1N. The van der Waals surface area contributed by atoms with Gasteiger partial charge in [0.1, 0.15) is 11.9 Å². The highest BCUT2D eigenvalue weighted by atomic mass is 16.6. The van der Waals surface area contributed by atoms with Crippen LogP contribution >= 0.6 is 0 Å². The fraction of sp³-hybridized carbons (Fsp3) is 0.688. The van der Waals surface area contributed by atoms with Crippen molar-refractivity contribution in [3.8, 4) is 0 Å². The Kier molecular flexibility index (Phi) is 5.36. The van der Waals surface area contributed by atoms with E-state index in [2.05, 4.69) is 10.4 Å². The normalized spacial score (nSPS) is 20.7. The summed E-state index contributed by atoms with van der Waals surface area (Å²) in [5, 5.41) is 7.03. The maximum atomic E-state index is 11.8. The van der Waals surface area contributed by atoms with Crippen molar-refractivity contribution in [2.75, 3.05) is 12.3 Å². The van der Waals surface area contributed by atoms with Crippen LogP contribution in [0, 0.1) is 0 Å². The minimum absolute atomic E-state index is 0.107. The number of ether oxygens (including phenoxy) is 2. The van der Waals surface area contributed by atoms with Gasteiger partial charge in [-0.1, -0.05) is 0 Å². The van der Waals surface area contributed by atoms with Gasteiger partial charge < -0.3 is 20.5 Å². The molecule has 0 unspecified atom stereocenters. The average molecular weight is 338 g/mol. The number of nitrogens with one attached hydrogen (secondary N) is 1. The molecule has 8 nitrogen and oxygen atoms in total. The molecule has 8 heteroatoms. The van der Waals surface area contributed by atoms with E-state index in [-0.39, 0.29) is 30.0 Å². The highest BCUT2D eigenvalue weighted by Gasteiger charge is 2.31. The van der Waals surface area contributed by atoms with Gasteiger partial charge in [0.15, 0.2) is 0 Å². The lowest BCUT2D eigenvalue weighted by Gasteiger charge is -2.22. The molecule has 1 fully saturated rings. The van der Waals surface area contributed by atoms with E-state index >= 15 is 0 Å². The zero-order valence-electron chi connectivity index (χ0n) is 14.7. The molecule has 1 heterocycles. The number of amides is 1. The highest BCUT2D eigenvalue weighted by Crippen LogP contribution is 2.36. The van der Waals surface area contributed by atoms with Crippen molar-refractivity contribution >= 4 is 18.0 Å². The van der Waals surface area contributed by atoms with E-state index in [9.17, 15) is 9.59 Å². The molecule has 0 aliphatic heterocycles. The number of alkyl carbamates (subject to hydrolysis) is 1. The molecule has 2 atom stereocenters. The number of rotatable bonds is 3. The number of aromatic nitrogens is 2. The number of nitrogen functional groups attached to an aromatic ring is 1. The van der Waals surface area contributed by atoms with E-state index in [1.165, 1.54) is 0 Å². The van der Waals surface area contributed by atoms with E-state index in [4.69, 9.17) is 15.2 Å². The summed E-state index contributed by atoms with van der Waals surface area (Å²) in [7, 11) is 0. The van der Waals surface area contributed by atoms with Gasteiger partial charge in [0.05, 0.1) is 12.3 Å². The molecule has 24 heavy (non-hydrogen) atoms. The fourth-order valence-corrected chi connectivity index (χ4v) is 2.75. The summed E-state index contributed by atoms with van der Waals surface area (Å²) in [6, 6.07) is 1.68. The third-order valence-electron chi connectivity index (χ3n) is 3.75. The van der Waals surface area contributed by atoms with E-state index in [0.717, 1.165) is 23.2 Å². The number of hydrogen-bond acceptors (Lipinski definition) is 6. The second kappa shape index (κ2) is 7.11. The van der Waals surface area contributed by atoms with Crippen LogP contribution in [0.5, 0.6) is 0 Å². The third kappa shape index (κ3) is 4.62. The van der Waals surface area contributed by atoms with Crippen molar-refractivity contribution in [1.29, 1.82) is 0 Å². The van der Waals surface area contributed by atoms with Crippen LogP contribution in [0.25, 0.3) is 0 Å². The fourth-order valence-electron chi connectivity index (χ4n) is 2.75. The molecule has 1 amide bonds. The van der Waals surface area contributed by atoms with Gasteiger partial charge in [0.25, 0.3) is 0 Å². The first-order valence-electron chi connectivity index (χ1n) is 8.21. The van der Waals surface area contributed by atoms with Gasteiger partial charge in [0, 0.05) is 17.5 Å². The van der Waals surface area contributed by atoms with E-state index < -0.39 is 12.2 Å². The largest absolute Gasteiger partial charge is 0.448 e. The van der Waals surface area contributed by atoms with Crippen molar-refractivity contribution in [2.45, 2.75) is 64.5 Å². The van der Waals surface area contributed by atoms with Crippen molar-refractivity contribution in [2.24, 2.45) is 0 Å². The monoisotopic (exact) mass is 338 g/mol. The van der Waals surface area contributed by atoms with Crippen molar-refractivity contribution in [3.05, 3.63) is 11.8 Å². The Labute approximate surface area is 141 Å². The number of hydrogen-bond donors (Lipinski definition) is 2. The second-order valence-corrected chi connectivity index (χ2v) is 7.02. The van der Waals surface area contributed by atoms with Gasteiger partial charge in [-0.2, -0.15) is 5.10 Å². The molecule has 0 radical (unpaired) electrons. The summed E-state index contributed by atoms with van der Waals surface area (Å²) in [5.41, 5.74) is 6.22. The lowest BCUT2D eigenvalue weighted by molar-refractivity contribution is 0.0936. The molecule has 0 spiro atoms. The first-order valence-corrected chi connectivity index (χ1v) is 8.21. The zero-order valence-corrected chi connectivity index (χ0v) is 14.7. The minimum atomic E-state index is -0.586. The van der Waals surface area contributed by atoms with Gasteiger partial charge in [-0.25, -0.2) is 9.59 Å². The zero-order chi connectivity index (χ0) is 17.9. The molecule has 2 rings (SSSR count). The van der Waals surface area contributed by atoms with Crippen LogP contribution in [-0.2, 0) is 9.47 Å². The third-order valence-corrected chi connectivity index (χ3v) is 3.75. The second-order valence-electron chi connectivity index (χ2n) is 7.02. The molecule has 1 saturated carbocycles. The van der Waals surface area contributed by atoms with Crippen molar-refractivity contribution in [1.82, 2.24) is 15.1 Å². The summed E-state index contributed by atoms with van der Waals surface area (Å²) < 4.78 is 11.4. The minimum Gasteiger partial charge on any atom is -0.448 e. The quantitative estimate of drug-likeness (QED) is 0.877. The topological polar surface area (TPSA) is 108 Å². The summed E-state index contributed by atoms with van der Waals surface area (Å²) in [4.78, 5) is 23.6. The summed E-state index contributed by atoms with van der Waals surface area (Å²) in [5.74, 6) is 0.355. The van der Waals surface area contributed by atoms with Crippen LogP contribution in [0.15, 0.2) is 6.07 Å². The lowest BCUT2D eigenvalue weighted by Crippen LogP contribution is -2.42.